The van der Waals surface area contributed by atoms with Crippen molar-refractivity contribution in [3.8, 4) is 5.69 Å². The predicted octanol–water partition coefficient (Wildman–Crippen LogP) is 2.71. The summed E-state index contributed by atoms with van der Waals surface area (Å²) >= 11 is 6.05. The molecule has 2 aromatic rings. The van der Waals surface area contributed by atoms with Crippen molar-refractivity contribution in [2.24, 2.45) is 0 Å². The van der Waals surface area contributed by atoms with Gasteiger partial charge < -0.3 is 10.5 Å². The van der Waals surface area contributed by atoms with E-state index in [-0.39, 0.29) is 30.4 Å². The summed E-state index contributed by atoms with van der Waals surface area (Å²) in [6, 6.07) is 7.10. The van der Waals surface area contributed by atoms with Crippen LogP contribution < -0.4 is 5.73 Å². The second-order valence-corrected chi connectivity index (χ2v) is 3.93. The van der Waals surface area contributed by atoms with Crippen molar-refractivity contribution in [2.75, 3.05) is 12.3 Å². The van der Waals surface area contributed by atoms with Gasteiger partial charge in [0.05, 0.1) is 23.5 Å². The Morgan fingerprint density at radius 1 is 1.47 bits per heavy atom. The number of carbonyl (C=O) groups excluding carboxylic acids is 1. The molecule has 19 heavy (non-hydrogen) atoms. The van der Waals surface area contributed by atoms with Gasteiger partial charge in [-0.15, -0.1) is 12.4 Å². The molecule has 0 bridgehead atoms. The quantitative estimate of drug-likeness (QED) is 0.885. The molecule has 102 valence electrons. The highest BCUT2D eigenvalue weighted by molar-refractivity contribution is 6.32. The fraction of sp³-hybridized carbons (Fsp3) is 0.167. The molecule has 2 N–H and O–H groups in total. The van der Waals surface area contributed by atoms with Crippen LogP contribution in [0.25, 0.3) is 5.69 Å². The molecule has 0 atom stereocenters. The number of ether oxygens (including phenoxy) is 1. The summed E-state index contributed by atoms with van der Waals surface area (Å²) in [6.07, 6.45) is 1.37. The molecule has 0 aliphatic carbocycles. The maximum Gasteiger partial charge on any atom is 0.343 e. The molecule has 0 saturated carbocycles. The van der Waals surface area contributed by atoms with Crippen LogP contribution in [0.1, 0.15) is 17.3 Å². The number of hydrogen-bond acceptors (Lipinski definition) is 4. The van der Waals surface area contributed by atoms with Crippen molar-refractivity contribution < 1.29 is 9.53 Å². The van der Waals surface area contributed by atoms with E-state index in [9.17, 15) is 4.79 Å². The maximum absolute atomic E-state index is 11.6. The molecule has 0 fully saturated rings. The van der Waals surface area contributed by atoms with Gasteiger partial charge in [-0.25, -0.2) is 9.48 Å². The van der Waals surface area contributed by atoms with Gasteiger partial charge in [0.1, 0.15) is 11.4 Å². The maximum atomic E-state index is 11.6. The van der Waals surface area contributed by atoms with Crippen LogP contribution in [0.2, 0.25) is 5.02 Å². The van der Waals surface area contributed by atoms with E-state index in [2.05, 4.69) is 5.10 Å². The van der Waals surface area contributed by atoms with Gasteiger partial charge in [0.2, 0.25) is 0 Å². The van der Waals surface area contributed by atoms with E-state index >= 15 is 0 Å². The Bertz CT molecular complexity index is 584. The topological polar surface area (TPSA) is 70.1 Å². The lowest BCUT2D eigenvalue weighted by atomic mass is 10.3. The van der Waals surface area contributed by atoms with Crippen molar-refractivity contribution in [3.05, 3.63) is 41.0 Å². The molecule has 1 aromatic carbocycles. The number of carbonyl (C=O) groups is 1. The van der Waals surface area contributed by atoms with Gasteiger partial charge in [-0.3, -0.25) is 0 Å². The Labute approximate surface area is 121 Å². The number of esters is 1. The van der Waals surface area contributed by atoms with E-state index in [0.717, 1.165) is 0 Å². The van der Waals surface area contributed by atoms with Crippen LogP contribution in [-0.2, 0) is 4.74 Å². The lowest BCUT2D eigenvalue weighted by Gasteiger charge is -2.06. The molecule has 7 heteroatoms. The van der Waals surface area contributed by atoms with Crippen molar-refractivity contribution in [3.63, 3.8) is 0 Å². The fourth-order valence-corrected chi connectivity index (χ4v) is 1.76. The first kappa shape index (κ1) is 15.3. The Hall–Kier alpha value is -1.72. The normalized spacial score (nSPS) is 9.79. The van der Waals surface area contributed by atoms with E-state index in [1.807, 2.05) is 6.07 Å². The SMILES string of the molecule is CCOC(=O)c1cnn(-c2ccccc2Cl)c1N.Cl. The number of nitrogens with zero attached hydrogens (tertiary/aromatic N) is 2. The van der Waals surface area contributed by atoms with Gasteiger partial charge in [0, 0.05) is 0 Å². The summed E-state index contributed by atoms with van der Waals surface area (Å²) in [5, 5.41) is 4.56. The first-order valence-electron chi connectivity index (χ1n) is 5.40. The van der Waals surface area contributed by atoms with Crippen LogP contribution in [0.4, 0.5) is 5.82 Å². The number of rotatable bonds is 3. The van der Waals surface area contributed by atoms with Crippen LogP contribution in [0.5, 0.6) is 0 Å². The third-order valence-electron chi connectivity index (χ3n) is 2.38. The first-order chi connectivity index (χ1) is 8.65. The largest absolute Gasteiger partial charge is 0.462 e. The molecule has 0 aliphatic heterocycles. The molecular formula is C12H13Cl2N3O2. The molecule has 0 unspecified atom stereocenters. The molecule has 1 aromatic heterocycles. The number of nitrogen functional groups attached to an aromatic ring is 1. The highest BCUT2D eigenvalue weighted by Gasteiger charge is 2.17. The molecule has 1 heterocycles. The van der Waals surface area contributed by atoms with E-state index in [0.29, 0.717) is 10.7 Å². The van der Waals surface area contributed by atoms with Gasteiger partial charge >= 0.3 is 5.97 Å². The predicted molar refractivity (Wildman–Crippen MR) is 76.2 cm³/mol. The lowest BCUT2D eigenvalue weighted by molar-refractivity contribution is 0.0527. The number of aromatic nitrogens is 2. The van der Waals surface area contributed by atoms with Crippen LogP contribution in [0.3, 0.4) is 0 Å². The van der Waals surface area contributed by atoms with Crippen LogP contribution in [-0.4, -0.2) is 22.4 Å². The van der Waals surface area contributed by atoms with Gasteiger partial charge in [0.15, 0.2) is 0 Å². The standard InChI is InChI=1S/C12H12ClN3O2.ClH/c1-2-18-12(17)8-7-15-16(11(8)14)10-6-4-3-5-9(10)13;/h3-7H,2,14H2,1H3;1H. The molecular weight excluding hydrogens is 289 g/mol. The Morgan fingerprint density at radius 2 is 2.16 bits per heavy atom. The monoisotopic (exact) mass is 301 g/mol. The average Bonchev–Trinajstić information content (AvgIpc) is 2.72. The third kappa shape index (κ3) is 3.00. The Morgan fingerprint density at radius 3 is 2.79 bits per heavy atom. The molecule has 2 rings (SSSR count). The van der Waals surface area contributed by atoms with Crippen molar-refractivity contribution in [2.45, 2.75) is 6.92 Å². The molecule has 0 radical (unpaired) electrons. The number of halogens is 2. The molecule has 0 amide bonds. The molecule has 0 saturated heterocycles. The fourth-order valence-electron chi connectivity index (χ4n) is 1.54. The summed E-state index contributed by atoms with van der Waals surface area (Å²) < 4.78 is 6.29. The Kier molecular flexibility index (Phi) is 5.20. The number of para-hydroxylation sites is 1. The van der Waals surface area contributed by atoms with Gasteiger partial charge in [-0.05, 0) is 19.1 Å². The second kappa shape index (κ2) is 6.45. The number of hydrogen-bond donors (Lipinski definition) is 1. The minimum Gasteiger partial charge on any atom is -0.462 e. The number of anilines is 1. The summed E-state index contributed by atoms with van der Waals surface area (Å²) in [5.74, 6) is -0.283. The smallest absolute Gasteiger partial charge is 0.343 e. The zero-order valence-electron chi connectivity index (χ0n) is 10.2. The third-order valence-corrected chi connectivity index (χ3v) is 2.70. The summed E-state index contributed by atoms with van der Waals surface area (Å²) in [6.45, 7) is 2.02. The Balaban J connectivity index is 0.00000180. The first-order valence-corrected chi connectivity index (χ1v) is 5.78. The molecule has 0 spiro atoms. The van der Waals surface area contributed by atoms with Crippen LogP contribution in [0, 0.1) is 0 Å². The van der Waals surface area contributed by atoms with E-state index in [4.69, 9.17) is 22.1 Å². The summed E-state index contributed by atoms with van der Waals surface area (Å²) in [4.78, 5) is 11.6. The van der Waals surface area contributed by atoms with Gasteiger partial charge in [-0.2, -0.15) is 5.10 Å². The minimum absolute atomic E-state index is 0. The zero-order valence-corrected chi connectivity index (χ0v) is 11.7. The summed E-state index contributed by atoms with van der Waals surface area (Å²) in [5.41, 5.74) is 6.73. The van der Waals surface area contributed by atoms with Gasteiger partial charge in [0.25, 0.3) is 0 Å². The molecule has 0 aliphatic rings. The van der Waals surface area contributed by atoms with E-state index < -0.39 is 5.97 Å². The van der Waals surface area contributed by atoms with E-state index in [1.54, 1.807) is 25.1 Å². The minimum atomic E-state index is -0.492. The van der Waals surface area contributed by atoms with Crippen LogP contribution in [0.15, 0.2) is 30.5 Å². The highest BCUT2D eigenvalue weighted by Crippen LogP contribution is 2.23. The van der Waals surface area contributed by atoms with E-state index in [1.165, 1.54) is 10.9 Å². The lowest BCUT2D eigenvalue weighted by Crippen LogP contribution is -2.09. The number of nitrogens with two attached hydrogens (primary N) is 1. The van der Waals surface area contributed by atoms with Crippen molar-refractivity contribution >= 4 is 35.8 Å². The van der Waals surface area contributed by atoms with Crippen molar-refractivity contribution in [1.82, 2.24) is 9.78 Å². The zero-order chi connectivity index (χ0) is 13.1. The average molecular weight is 302 g/mol. The van der Waals surface area contributed by atoms with Crippen LogP contribution >= 0.6 is 24.0 Å². The van der Waals surface area contributed by atoms with Gasteiger partial charge in [-0.1, -0.05) is 23.7 Å². The number of benzene rings is 1. The van der Waals surface area contributed by atoms with Crippen molar-refractivity contribution in [1.29, 1.82) is 0 Å². The molecule has 5 nitrogen and oxygen atoms in total. The highest BCUT2D eigenvalue weighted by atomic mass is 35.5. The second-order valence-electron chi connectivity index (χ2n) is 3.53. The summed E-state index contributed by atoms with van der Waals surface area (Å²) in [7, 11) is 0.